The van der Waals surface area contributed by atoms with Crippen LogP contribution in [-0.4, -0.2) is 56.2 Å². The second-order valence-electron chi connectivity index (χ2n) is 4.15. The van der Waals surface area contributed by atoms with Crippen LogP contribution >= 0.6 is 0 Å². The minimum Gasteiger partial charge on any atom is -0.481 e. The lowest BCUT2D eigenvalue weighted by molar-refractivity contribution is -0.140. The molecule has 0 amide bonds. The van der Waals surface area contributed by atoms with Crippen molar-refractivity contribution in [1.29, 1.82) is 0 Å². The smallest absolute Gasteiger partial charge is 0.304 e. The molecule has 0 aliphatic rings. The van der Waals surface area contributed by atoms with Gasteiger partial charge in [-0.05, 0) is 0 Å². The number of hydrogen-bond acceptors (Lipinski definition) is 4. The highest BCUT2D eigenvalue weighted by atomic mass is 32.2. The average molecular weight is 254 g/mol. The number of carboxylic acid groups (broad SMARTS) is 1. The summed E-state index contributed by atoms with van der Waals surface area (Å²) in [6, 6.07) is 0. The topological polar surface area (TPSA) is 107 Å². The Hall–Kier alpha value is -0.700. The summed E-state index contributed by atoms with van der Waals surface area (Å²) in [5.74, 6) is -1.08. The van der Waals surface area contributed by atoms with Crippen LogP contribution in [0.1, 0.15) is 13.3 Å². The van der Waals surface area contributed by atoms with Crippen LogP contribution in [0.5, 0.6) is 0 Å². The van der Waals surface area contributed by atoms with Gasteiger partial charge in [-0.15, -0.1) is 0 Å². The molecule has 0 spiro atoms. The molecule has 0 bridgehead atoms. The maximum absolute atomic E-state index is 11.4. The van der Waals surface area contributed by atoms with E-state index in [-0.39, 0.29) is 13.0 Å². The van der Waals surface area contributed by atoms with E-state index in [0.29, 0.717) is 0 Å². The molecule has 3 N–H and O–H groups in total. The molecule has 0 saturated carbocycles. The van der Waals surface area contributed by atoms with Crippen LogP contribution in [0.4, 0.5) is 0 Å². The number of aliphatic hydroxyl groups is 1. The van der Waals surface area contributed by atoms with Crippen molar-refractivity contribution in [1.82, 2.24) is 9.03 Å². The van der Waals surface area contributed by atoms with Crippen molar-refractivity contribution < 1.29 is 23.4 Å². The molecule has 0 aromatic rings. The van der Waals surface area contributed by atoms with Crippen molar-refractivity contribution in [3.05, 3.63) is 0 Å². The molecule has 1 atom stereocenters. The van der Waals surface area contributed by atoms with Crippen LogP contribution < -0.4 is 4.72 Å². The van der Waals surface area contributed by atoms with Crippen LogP contribution in [-0.2, 0) is 15.0 Å². The van der Waals surface area contributed by atoms with Gasteiger partial charge in [-0.3, -0.25) is 4.79 Å². The molecule has 0 aromatic heterocycles. The van der Waals surface area contributed by atoms with E-state index in [4.69, 9.17) is 10.2 Å². The Labute approximate surface area is 95.2 Å². The summed E-state index contributed by atoms with van der Waals surface area (Å²) in [6.45, 7) is 0.963. The second kappa shape index (κ2) is 5.58. The van der Waals surface area contributed by atoms with E-state index in [1.165, 1.54) is 21.0 Å². The molecule has 0 fully saturated rings. The molecular formula is C8H18N2O5S. The lowest BCUT2D eigenvalue weighted by Crippen LogP contribution is -2.43. The van der Waals surface area contributed by atoms with E-state index in [2.05, 4.69) is 4.72 Å². The van der Waals surface area contributed by atoms with Crippen LogP contribution in [0, 0.1) is 5.41 Å². The standard InChI is InChI=1S/C8H18N2O5S/c1-8(6-11,4-7(12)13)5-9-16(14,15)10(2)3/h9,11H,4-6H2,1-3H3,(H,12,13). The quantitative estimate of drug-likeness (QED) is 0.532. The summed E-state index contributed by atoms with van der Waals surface area (Å²) >= 11 is 0. The second-order valence-corrected chi connectivity index (χ2v) is 6.12. The maximum Gasteiger partial charge on any atom is 0.304 e. The summed E-state index contributed by atoms with van der Waals surface area (Å²) in [7, 11) is -0.884. The number of carbonyl (C=O) groups is 1. The summed E-state index contributed by atoms with van der Waals surface area (Å²) in [5.41, 5.74) is -1.01. The van der Waals surface area contributed by atoms with Crippen LogP contribution in [0.25, 0.3) is 0 Å². The lowest BCUT2D eigenvalue weighted by Gasteiger charge is -2.26. The van der Waals surface area contributed by atoms with Gasteiger partial charge >= 0.3 is 5.97 Å². The van der Waals surface area contributed by atoms with Gasteiger partial charge in [-0.1, -0.05) is 6.92 Å². The number of rotatable bonds is 7. The number of carboxylic acids is 1. The molecule has 0 aromatic carbocycles. The third kappa shape index (κ3) is 4.88. The van der Waals surface area contributed by atoms with E-state index in [1.54, 1.807) is 0 Å². The van der Waals surface area contributed by atoms with Crippen molar-refractivity contribution in [2.24, 2.45) is 5.41 Å². The predicted molar refractivity (Wildman–Crippen MR) is 58.1 cm³/mol. The van der Waals surface area contributed by atoms with Crippen LogP contribution in [0.2, 0.25) is 0 Å². The van der Waals surface area contributed by atoms with Crippen molar-refractivity contribution in [2.75, 3.05) is 27.2 Å². The van der Waals surface area contributed by atoms with Crippen LogP contribution in [0.15, 0.2) is 0 Å². The molecule has 8 heteroatoms. The zero-order valence-electron chi connectivity index (χ0n) is 9.60. The van der Waals surface area contributed by atoms with E-state index in [1.807, 2.05) is 0 Å². The van der Waals surface area contributed by atoms with Gasteiger partial charge in [0.25, 0.3) is 10.2 Å². The van der Waals surface area contributed by atoms with Crippen LogP contribution in [0.3, 0.4) is 0 Å². The Bertz CT molecular complexity index is 340. The summed E-state index contributed by atoms with van der Waals surface area (Å²) in [5, 5.41) is 17.7. The van der Waals surface area contributed by atoms with Crippen molar-refractivity contribution in [3.63, 3.8) is 0 Å². The molecule has 1 unspecified atom stereocenters. The van der Waals surface area contributed by atoms with E-state index in [9.17, 15) is 13.2 Å². The van der Waals surface area contributed by atoms with Gasteiger partial charge in [0.2, 0.25) is 0 Å². The first kappa shape index (κ1) is 15.3. The molecule has 0 radical (unpaired) electrons. The summed E-state index contributed by atoms with van der Waals surface area (Å²) in [6.07, 6.45) is -0.306. The fourth-order valence-corrected chi connectivity index (χ4v) is 1.72. The largest absolute Gasteiger partial charge is 0.481 e. The zero-order chi connectivity index (χ0) is 13.0. The molecule has 0 saturated heterocycles. The third-order valence-corrected chi connectivity index (χ3v) is 3.59. The van der Waals surface area contributed by atoms with Crippen molar-refractivity contribution >= 4 is 16.2 Å². The SMILES string of the molecule is CN(C)S(=O)(=O)NCC(C)(CO)CC(=O)O. The minimum absolute atomic E-state index is 0.129. The van der Waals surface area contributed by atoms with E-state index in [0.717, 1.165) is 4.31 Å². The average Bonchev–Trinajstić information content (AvgIpc) is 2.14. The molecule has 0 heterocycles. The highest BCUT2D eigenvalue weighted by Crippen LogP contribution is 2.19. The highest BCUT2D eigenvalue weighted by molar-refractivity contribution is 7.87. The molecule has 0 aliphatic carbocycles. The molecule has 96 valence electrons. The zero-order valence-corrected chi connectivity index (χ0v) is 10.4. The van der Waals surface area contributed by atoms with E-state index >= 15 is 0 Å². The number of hydrogen-bond donors (Lipinski definition) is 3. The first-order valence-electron chi connectivity index (χ1n) is 4.63. The number of aliphatic carboxylic acids is 1. The first-order chi connectivity index (χ1) is 7.13. The van der Waals surface area contributed by atoms with Gasteiger partial charge in [0.1, 0.15) is 0 Å². The third-order valence-electron chi connectivity index (χ3n) is 2.12. The lowest BCUT2D eigenvalue weighted by atomic mass is 9.88. The Balaban J connectivity index is 4.52. The van der Waals surface area contributed by atoms with Gasteiger partial charge < -0.3 is 10.2 Å². The summed E-state index contributed by atoms with van der Waals surface area (Å²) in [4.78, 5) is 10.5. The van der Waals surface area contributed by atoms with Gasteiger partial charge in [-0.2, -0.15) is 12.7 Å². The molecule has 0 rings (SSSR count). The number of nitrogens with zero attached hydrogens (tertiary/aromatic N) is 1. The fourth-order valence-electron chi connectivity index (χ4n) is 0.934. The normalized spacial score (nSPS) is 16.1. The van der Waals surface area contributed by atoms with Crippen molar-refractivity contribution in [3.8, 4) is 0 Å². The van der Waals surface area contributed by atoms with Gasteiger partial charge in [0, 0.05) is 26.1 Å². The van der Waals surface area contributed by atoms with Gasteiger partial charge in [0.15, 0.2) is 0 Å². The predicted octanol–water partition coefficient (Wildman–Crippen LogP) is -1.14. The Morgan fingerprint density at radius 2 is 1.94 bits per heavy atom. The van der Waals surface area contributed by atoms with Gasteiger partial charge in [-0.25, -0.2) is 4.72 Å². The van der Waals surface area contributed by atoms with E-state index < -0.39 is 28.2 Å². The number of aliphatic hydroxyl groups excluding tert-OH is 1. The minimum atomic E-state index is -3.60. The Morgan fingerprint density at radius 3 is 2.25 bits per heavy atom. The Kier molecular flexibility index (Phi) is 5.33. The molecule has 0 aliphatic heterocycles. The van der Waals surface area contributed by atoms with Gasteiger partial charge in [0.05, 0.1) is 13.0 Å². The number of nitrogens with one attached hydrogen (secondary N) is 1. The van der Waals surface area contributed by atoms with Crippen molar-refractivity contribution in [2.45, 2.75) is 13.3 Å². The first-order valence-corrected chi connectivity index (χ1v) is 6.07. The Morgan fingerprint density at radius 1 is 1.44 bits per heavy atom. The maximum atomic E-state index is 11.4. The molecule has 16 heavy (non-hydrogen) atoms. The fraction of sp³-hybridized carbons (Fsp3) is 0.875. The monoisotopic (exact) mass is 254 g/mol. The highest BCUT2D eigenvalue weighted by Gasteiger charge is 2.29. The molecule has 7 nitrogen and oxygen atoms in total. The molecular weight excluding hydrogens is 236 g/mol. The summed E-state index contributed by atoms with van der Waals surface area (Å²) < 4.78 is 25.9.